The molecule has 0 spiro atoms. The van der Waals surface area contributed by atoms with Crippen LogP contribution >= 0.6 is 24.0 Å². The fourth-order valence-electron chi connectivity index (χ4n) is 2.50. The van der Waals surface area contributed by atoms with Crippen LogP contribution in [0.5, 0.6) is 17.2 Å². The molecule has 0 saturated heterocycles. The molecule has 29 heavy (non-hydrogen) atoms. The van der Waals surface area contributed by atoms with Gasteiger partial charge in [0.25, 0.3) is 0 Å². The second-order valence-electron chi connectivity index (χ2n) is 5.79. The maximum atomic E-state index is 13.5. The van der Waals surface area contributed by atoms with Crippen molar-refractivity contribution < 1.29 is 23.0 Å². The third-order valence-corrected chi connectivity index (χ3v) is 3.92. The fraction of sp³-hybridized carbons (Fsp3) is 0.350. The van der Waals surface area contributed by atoms with Crippen LogP contribution in [0.2, 0.25) is 0 Å². The van der Waals surface area contributed by atoms with Gasteiger partial charge in [-0.25, -0.2) is 8.78 Å². The number of nitrogens with one attached hydrogen (secondary N) is 2. The molecule has 0 saturated carbocycles. The summed E-state index contributed by atoms with van der Waals surface area (Å²) in [6, 6.07) is 8.98. The summed E-state index contributed by atoms with van der Waals surface area (Å²) in [4.78, 5) is 4.12. The Morgan fingerprint density at radius 1 is 0.931 bits per heavy atom. The van der Waals surface area contributed by atoms with Gasteiger partial charge in [0.1, 0.15) is 12.4 Å². The summed E-state index contributed by atoms with van der Waals surface area (Å²) in [6.45, 7) is 1.27. The van der Waals surface area contributed by atoms with Crippen molar-refractivity contribution >= 4 is 29.9 Å². The molecule has 0 radical (unpaired) electrons. The van der Waals surface area contributed by atoms with E-state index in [0.29, 0.717) is 30.5 Å². The molecule has 0 aliphatic heterocycles. The molecule has 2 N–H and O–H groups in total. The van der Waals surface area contributed by atoms with Crippen molar-refractivity contribution in [2.24, 2.45) is 4.99 Å². The van der Waals surface area contributed by atoms with E-state index in [1.807, 2.05) is 18.2 Å². The number of hydrogen-bond donors (Lipinski definition) is 2. The van der Waals surface area contributed by atoms with Crippen LogP contribution in [-0.2, 0) is 6.42 Å². The van der Waals surface area contributed by atoms with Gasteiger partial charge in [0.15, 0.2) is 29.0 Å². The molecule has 9 heteroatoms. The molecule has 0 aromatic heterocycles. The maximum Gasteiger partial charge on any atom is 0.191 e. The van der Waals surface area contributed by atoms with Gasteiger partial charge >= 0.3 is 0 Å². The Balaban J connectivity index is 0.00000420. The normalized spacial score (nSPS) is 10.7. The molecule has 0 heterocycles. The summed E-state index contributed by atoms with van der Waals surface area (Å²) >= 11 is 0. The minimum Gasteiger partial charge on any atom is -0.493 e. The van der Waals surface area contributed by atoms with Crippen molar-refractivity contribution in [3.05, 3.63) is 53.6 Å². The summed E-state index contributed by atoms with van der Waals surface area (Å²) in [5, 5.41) is 6.26. The van der Waals surface area contributed by atoms with Crippen molar-refractivity contribution in [1.82, 2.24) is 10.6 Å². The van der Waals surface area contributed by atoms with E-state index >= 15 is 0 Å². The van der Waals surface area contributed by atoms with Gasteiger partial charge in [-0.2, -0.15) is 0 Å². The SMILES string of the molecule is CN=C(NCCOc1ccc(F)cc1F)NCCc1ccc(OC)c(OC)c1.I. The molecule has 0 aliphatic rings. The Labute approximate surface area is 186 Å². The summed E-state index contributed by atoms with van der Waals surface area (Å²) in [5.74, 6) is 0.629. The zero-order chi connectivity index (χ0) is 20.4. The predicted octanol–water partition coefficient (Wildman–Crippen LogP) is 3.39. The molecule has 0 bridgehead atoms. The first kappa shape index (κ1) is 24.7. The highest BCUT2D eigenvalue weighted by molar-refractivity contribution is 14.0. The zero-order valence-electron chi connectivity index (χ0n) is 16.6. The summed E-state index contributed by atoms with van der Waals surface area (Å²) < 4.78 is 42.2. The number of nitrogens with zero attached hydrogens (tertiary/aromatic N) is 1. The molecule has 160 valence electrons. The van der Waals surface area contributed by atoms with Crippen molar-refractivity contribution in [2.75, 3.05) is 41.0 Å². The Morgan fingerprint density at radius 3 is 2.28 bits per heavy atom. The van der Waals surface area contributed by atoms with E-state index in [9.17, 15) is 8.78 Å². The number of rotatable bonds is 9. The van der Waals surface area contributed by atoms with E-state index in [0.717, 1.165) is 24.1 Å². The quantitative estimate of drug-likeness (QED) is 0.229. The van der Waals surface area contributed by atoms with Crippen molar-refractivity contribution in [1.29, 1.82) is 0 Å². The molecule has 0 aliphatic carbocycles. The van der Waals surface area contributed by atoms with Crippen LogP contribution in [0.15, 0.2) is 41.4 Å². The van der Waals surface area contributed by atoms with Gasteiger partial charge in [-0.3, -0.25) is 4.99 Å². The Kier molecular flexibility index (Phi) is 11.1. The lowest BCUT2D eigenvalue weighted by molar-refractivity contribution is 0.304. The summed E-state index contributed by atoms with van der Waals surface area (Å²) in [6.07, 6.45) is 0.762. The lowest BCUT2D eigenvalue weighted by Crippen LogP contribution is -2.40. The topological polar surface area (TPSA) is 64.1 Å². The minimum absolute atomic E-state index is 0. The summed E-state index contributed by atoms with van der Waals surface area (Å²) in [5.41, 5.74) is 1.09. The minimum atomic E-state index is -0.725. The Hall–Kier alpha value is -2.30. The van der Waals surface area contributed by atoms with E-state index in [1.54, 1.807) is 21.3 Å². The van der Waals surface area contributed by atoms with Crippen LogP contribution in [0, 0.1) is 11.6 Å². The van der Waals surface area contributed by atoms with E-state index in [4.69, 9.17) is 14.2 Å². The van der Waals surface area contributed by atoms with Gasteiger partial charge in [-0.05, 0) is 36.2 Å². The van der Waals surface area contributed by atoms with Crippen LogP contribution in [0.1, 0.15) is 5.56 Å². The van der Waals surface area contributed by atoms with Crippen molar-refractivity contribution in [2.45, 2.75) is 6.42 Å². The number of methoxy groups -OCH3 is 2. The average Bonchev–Trinajstić information content (AvgIpc) is 2.70. The summed E-state index contributed by atoms with van der Waals surface area (Å²) in [7, 11) is 4.86. The van der Waals surface area contributed by atoms with Crippen LogP contribution in [0.4, 0.5) is 8.78 Å². The fourth-order valence-corrected chi connectivity index (χ4v) is 2.50. The molecule has 2 rings (SSSR count). The molecule has 0 amide bonds. The predicted molar refractivity (Wildman–Crippen MR) is 120 cm³/mol. The van der Waals surface area contributed by atoms with Crippen molar-refractivity contribution in [3.63, 3.8) is 0 Å². The van der Waals surface area contributed by atoms with Crippen LogP contribution in [0.25, 0.3) is 0 Å². The third-order valence-electron chi connectivity index (χ3n) is 3.92. The number of guanidine groups is 1. The van der Waals surface area contributed by atoms with Gasteiger partial charge in [-0.15, -0.1) is 24.0 Å². The Morgan fingerprint density at radius 2 is 1.62 bits per heavy atom. The highest BCUT2D eigenvalue weighted by atomic mass is 127. The van der Waals surface area contributed by atoms with Crippen LogP contribution in [-0.4, -0.2) is 46.9 Å². The Bertz CT molecular complexity index is 807. The molecule has 6 nitrogen and oxygen atoms in total. The lowest BCUT2D eigenvalue weighted by Gasteiger charge is -2.13. The lowest BCUT2D eigenvalue weighted by atomic mass is 10.1. The average molecular weight is 521 g/mol. The standard InChI is InChI=1S/C20H25F2N3O3.HI/c1-23-20(25-10-11-28-17-7-5-15(21)13-16(17)22)24-9-8-14-4-6-18(26-2)19(12-14)27-3;/h4-7,12-13H,8-11H2,1-3H3,(H2,23,24,25);1H. The second kappa shape index (κ2) is 13.0. The molecular weight excluding hydrogens is 495 g/mol. The smallest absolute Gasteiger partial charge is 0.191 e. The number of ether oxygens (including phenoxy) is 3. The third kappa shape index (κ3) is 7.92. The number of aliphatic imine (C=N–C) groups is 1. The van der Waals surface area contributed by atoms with Crippen LogP contribution in [0.3, 0.4) is 0 Å². The van der Waals surface area contributed by atoms with Crippen molar-refractivity contribution in [3.8, 4) is 17.2 Å². The first-order valence-electron chi connectivity index (χ1n) is 8.80. The molecule has 0 fully saturated rings. The highest BCUT2D eigenvalue weighted by Gasteiger charge is 2.06. The first-order chi connectivity index (χ1) is 13.6. The monoisotopic (exact) mass is 521 g/mol. The van der Waals surface area contributed by atoms with Crippen LogP contribution < -0.4 is 24.8 Å². The van der Waals surface area contributed by atoms with Gasteiger partial charge in [0.05, 0.1) is 20.8 Å². The van der Waals surface area contributed by atoms with E-state index in [-0.39, 0.29) is 36.3 Å². The van der Waals surface area contributed by atoms with Gasteiger partial charge in [0, 0.05) is 19.7 Å². The molecule has 2 aromatic carbocycles. The number of hydrogen-bond acceptors (Lipinski definition) is 4. The van der Waals surface area contributed by atoms with Gasteiger partial charge in [0.2, 0.25) is 0 Å². The zero-order valence-corrected chi connectivity index (χ0v) is 19.0. The molecule has 2 aromatic rings. The number of benzene rings is 2. The largest absolute Gasteiger partial charge is 0.493 e. The number of halogens is 3. The maximum absolute atomic E-state index is 13.5. The molecule has 0 unspecified atom stereocenters. The first-order valence-corrected chi connectivity index (χ1v) is 8.80. The van der Waals surface area contributed by atoms with E-state index in [2.05, 4.69) is 15.6 Å². The molecular formula is C20H26F2IN3O3. The highest BCUT2D eigenvalue weighted by Crippen LogP contribution is 2.27. The van der Waals surface area contributed by atoms with Gasteiger partial charge in [-0.1, -0.05) is 6.07 Å². The van der Waals surface area contributed by atoms with E-state index in [1.165, 1.54) is 6.07 Å². The van der Waals surface area contributed by atoms with Gasteiger partial charge < -0.3 is 24.8 Å². The molecule has 0 atom stereocenters. The van der Waals surface area contributed by atoms with E-state index < -0.39 is 11.6 Å². The second-order valence-corrected chi connectivity index (χ2v) is 5.79.